The molecular weight excluding hydrogens is 264 g/mol. The Kier molecular flexibility index (Phi) is 2.91. The topological polar surface area (TPSA) is 0 Å². The lowest BCUT2D eigenvalue weighted by Gasteiger charge is -2.22. The third-order valence-corrected chi connectivity index (χ3v) is 5.16. The maximum atomic E-state index is 2.41. The summed E-state index contributed by atoms with van der Waals surface area (Å²) in [6.45, 7) is 6.89. The molecule has 0 heteroatoms. The van der Waals surface area contributed by atoms with E-state index in [1.54, 1.807) is 0 Å². The zero-order valence-electron chi connectivity index (χ0n) is 13.6. The average Bonchev–Trinajstić information content (AvgIpc) is 2.76. The number of hydrogen-bond donors (Lipinski definition) is 0. The number of rotatable bonds is 1. The molecule has 0 aromatic heterocycles. The van der Waals surface area contributed by atoms with Crippen molar-refractivity contribution in [2.75, 3.05) is 0 Å². The van der Waals surface area contributed by atoms with Crippen molar-refractivity contribution in [3.05, 3.63) is 76.9 Å². The highest BCUT2D eigenvalue weighted by molar-refractivity contribution is 5.84. The number of aryl methyl sites for hydroxylation is 1. The first kappa shape index (κ1) is 13.6. The lowest BCUT2D eigenvalue weighted by Crippen LogP contribution is -2.15. The molecule has 2 aromatic carbocycles. The lowest BCUT2D eigenvalue weighted by molar-refractivity contribution is 0.659. The van der Waals surface area contributed by atoms with Crippen LogP contribution in [0, 0.1) is 6.92 Å². The van der Waals surface area contributed by atoms with Crippen LogP contribution in [0.1, 0.15) is 48.9 Å². The minimum absolute atomic E-state index is 0.0889. The summed E-state index contributed by atoms with van der Waals surface area (Å²) in [5.41, 5.74) is 9.90. The summed E-state index contributed by atoms with van der Waals surface area (Å²) in [6.07, 6.45) is 9.24. The van der Waals surface area contributed by atoms with Gasteiger partial charge < -0.3 is 0 Å². The standard InChI is InChI=1S/C22H22/c1-15-9-11-18-19-12-10-17(16-7-5-4-6-8-16)14-21(19)22(2,3)20(18)13-15/h5,7-14H,4,6H2,1-3H3. The molecule has 22 heavy (non-hydrogen) atoms. The van der Waals surface area contributed by atoms with E-state index in [4.69, 9.17) is 0 Å². The zero-order valence-corrected chi connectivity index (χ0v) is 13.6. The Hall–Kier alpha value is -2.08. The van der Waals surface area contributed by atoms with E-state index in [1.807, 2.05) is 0 Å². The van der Waals surface area contributed by atoms with Crippen molar-refractivity contribution >= 4 is 5.57 Å². The first-order valence-electron chi connectivity index (χ1n) is 8.20. The molecule has 2 aliphatic rings. The van der Waals surface area contributed by atoms with Crippen molar-refractivity contribution in [2.45, 2.75) is 39.0 Å². The third kappa shape index (κ3) is 1.90. The van der Waals surface area contributed by atoms with Gasteiger partial charge in [-0.2, -0.15) is 0 Å². The fraction of sp³-hybridized carbons (Fsp3) is 0.273. The fourth-order valence-electron chi connectivity index (χ4n) is 3.86. The molecular formula is C22H22. The van der Waals surface area contributed by atoms with Gasteiger partial charge in [0.2, 0.25) is 0 Å². The minimum Gasteiger partial charge on any atom is -0.0836 e. The van der Waals surface area contributed by atoms with E-state index in [2.05, 4.69) is 75.4 Å². The van der Waals surface area contributed by atoms with Crippen LogP contribution in [0.5, 0.6) is 0 Å². The second-order valence-electron chi connectivity index (χ2n) is 7.07. The zero-order chi connectivity index (χ0) is 15.3. The second-order valence-corrected chi connectivity index (χ2v) is 7.07. The van der Waals surface area contributed by atoms with Gasteiger partial charge in [-0.1, -0.05) is 68.0 Å². The van der Waals surface area contributed by atoms with Gasteiger partial charge in [-0.25, -0.2) is 0 Å². The summed E-state index contributed by atoms with van der Waals surface area (Å²) in [5, 5.41) is 0. The molecule has 110 valence electrons. The van der Waals surface area contributed by atoms with E-state index in [9.17, 15) is 0 Å². The smallest absolute Gasteiger partial charge is 0.0159 e. The van der Waals surface area contributed by atoms with E-state index in [0.717, 1.165) is 6.42 Å². The van der Waals surface area contributed by atoms with Crippen LogP contribution in [0.25, 0.3) is 16.7 Å². The van der Waals surface area contributed by atoms with Crippen molar-refractivity contribution in [3.63, 3.8) is 0 Å². The monoisotopic (exact) mass is 286 g/mol. The Morgan fingerprint density at radius 2 is 1.59 bits per heavy atom. The van der Waals surface area contributed by atoms with Crippen LogP contribution >= 0.6 is 0 Å². The lowest BCUT2D eigenvalue weighted by atomic mass is 9.81. The molecule has 0 atom stereocenters. The van der Waals surface area contributed by atoms with Gasteiger partial charge in [-0.15, -0.1) is 0 Å². The summed E-state index contributed by atoms with van der Waals surface area (Å²) in [4.78, 5) is 0. The second kappa shape index (κ2) is 4.71. The molecule has 0 nitrogen and oxygen atoms in total. The molecule has 0 saturated heterocycles. The maximum Gasteiger partial charge on any atom is 0.0159 e. The highest BCUT2D eigenvalue weighted by atomic mass is 14.4. The largest absolute Gasteiger partial charge is 0.0836 e. The number of allylic oxidation sites excluding steroid dienone is 4. The van der Waals surface area contributed by atoms with E-state index in [0.29, 0.717) is 0 Å². The van der Waals surface area contributed by atoms with E-state index in [1.165, 1.54) is 45.4 Å². The molecule has 0 bridgehead atoms. The summed E-state index contributed by atoms with van der Waals surface area (Å²) >= 11 is 0. The molecule has 0 amide bonds. The van der Waals surface area contributed by atoms with Crippen molar-refractivity contribution in [1.29, 1.82) is 0 Å². The average molecular weight is 286 g/mol. The van der Waals surface area contributed by atoms with Crippen molar-refractivity contribution < 1.29 is 0 Å². The van der Waals surface area contributed by atoms with Gasteiger partial charge in [0.15, 0.2) is 0 Å². The quantitative estimate of drug-likeness (QED) is 0.600. The van der Waals surface area contributed by atoms with Crippen LogP contribution in [-0.2, 0) is 5.41 Å². The summed E-state index contributed by atoms with van der Waals surface area (Å²) in [7, 11) is 0. The molecule has 0 fully saturated rings. The molecule has 0 saturated carbocycles. The molecule has 0 radical (unpaired) electrons. The van der Waals surface area contributed by atoms with Crippen molar-refractivity contribution in [3.8, 4) is 11.1 Å². The van der Waals surface area contributed by atoms with E-state index >= 15 is 0 Å². The van der Waals surface area contributed by atoms with Gasteiger partial charge in [0.1, 0.15) is 0 Å². The SMILES string of the molecule is Cc1ccc2c(c1)C(C)(C)c1cc(C3=CCCC=C3)ccc1-2. The summed E-state index contributed by atoms with van der Waals surface area (Å²) in [5.74, 6) is 0. The first-order valence-corrected chi connectivity index (χ1v) is 8.20. The predicted octanol–water partition coefficient (Wildman–Crippen LogP) is 6.03. The van der Waals surface area contributed by atoms with E-state index in [-0.39, 0.29) is 5.41 Å². The molecule has 4 rings (SSSR count). The Balaban J connectivity index is 1.89. The Morgan fingerprint density at radius 1 is 0.864 bits per heavy atom. The number of hydrogen-bond acceptors (Lipinski definition) is 0. The predicted molar refractivity (Wildman–Crippen MR) is 95.1 cm³/mol. The molecule has 0 N–H and O–H groups in total. The first-order chi connectivity index (χ1) is 10.6. The van der Waals surface area contributed by atoms with Crippen LogP contribution in [0.4, 0.5) is 0 Å². The van der Waals surface area contributed by atoms with Crippen LogP contribution in [-0.4, -0.2) is 0 Å². The molecule has 0 aliphatic heterocycles. The number of fused-ring (bicyclic) bond motifs is 3. The Morgan fingerprint density at radius 3 is 2.32 bits per heavy atom. The normalized spacial score (nSPS) is 17.9. The highest BCUT2D eigenvalue weighted by Crippen LogP contribution is 2.49. The molecule has 0 heterocycles. The maximum absolute atomic E-state index is 2.41. The van der Waals surface area contributed by atoms with Gasteiger partial charge in [0.25, 0.3) is 0 Å². The van der Waals surface area contributed by atoms with Crippen LogP contribution < -0.4 is 0 Å². The van der Waals surface area contributed by atoms with Crippen LogP contribution in [0.3, 0.4) is 0 Å². The molecule has 2 aromatic rings. The van der Waals surface area contributed by atoms with Crippen LogP contribution in [0.15, 0.2) is 54.6 Å². The van der Waals surface area contributed by atoms with Gasteiger partial charge in [-0.05, 0) is 59.2 Å². The molecule has 2 aliphatic carbocycles. The fourth-order valence-corrected chi connectivity index (χ4v) is 3.86. The highest BCUT2D eigenvalue weighted by Gasteiger charge is 2.35. The summed E-state index contributed by atoms with van der Waals surface area (Å²) in [6, 6.07) is 13.9. The van der Waals surface area contributed by atoms with Crippen LogP contribution in [0.2, 0.25) is 0 Å². The molecule has 0 spiro atoms. The summed E-state index contributed by atoms with van der Waals surface area (Å²) < 4.78 is 0. The van der Waals surface area contributed by atoms with Gasteiger partial charge in [-0.3, -0.25) is 0 Å². The Labute approximate surface area is 133 Å². The van der Waals surface area contributed by atoms with E-state index < -0.39 is 0 Å². The van der Waals surface area contributed by atoms with Crippen molar-refractivity contribution in [2.24, 2.45) is 0 Å². The minimum atomic E-state index is 0.0889. The Bertz CT molecular complexity index is 816. The number of benzene rings is 2. The van der Waals surface area contributed by atoms with Crippen molar-refractivity contribution in [1.82, 2.24) is 0 Å². The molecule has 0 unspecified atom stereocenters. The van der Waals surface area contributed by atoms with Gasteiger partial charge in [0, 0.05) is 5.41 Å². The van der Waals surface area contributed by atoms with Gasteiger partial charge in [0.05, 0.1) is 0 Å². The third-order valence-electron chi connectivity index (χ3n) is 5.16. The van der Waals surface area contributed by atoms with Gasteiger partial charge >= 0.3 is 0 Å².